The second-order valence-corrected chi connectivity index (χ2v) is 8.30. The molecule has 1 fully saturated rings. The van der Waals surface area contributed by atoms with Crippen molar-refractivity contribution in [2.75, 3.05) is 46.3 Å². The Morgan fingerprint density at radius 3 is 1.85 bits per heavy atom. The summed E-state index contributed by atoms with van der Waals surface area (Å²) in [4.78, 5) is 7.71. The lowest BCUT2D eigenvalue weighted by molar-refractivity contribution is 0.0609. The first-order valence-electron chi connectivity index (χ1n) is 8.29. The third-order valence-corrected chi connectivity index (χ3v) is 4.68. The maximum absolute atomic E-state index is 2.64. The molecule has 0 bridgehead atoms. The number of unbranched alkanes of at least 4 members (excludes halogenated alkanes) is 1. The lowest BCUT2D eigenvalue weighted by Crippen LogP contribution is -2.53. The van der Waals surface area contributed by atoms with E-state index in [2.05, 4.69) is 63.3 Å². The first-order chi connectivity index (χ1) is 9.10. The Balaban J connectivity index is 2.13. The van der Waals surface area contributed by atoms with Crippen molar-refractivity contribution in [3.05, 3.63) is 0 Å². The molecule has 20 heavy (non-hydrogen) atoms. The van der Waals surface area contributed by atoms with Crippen LogP contribution < -0.4 is 0 Å². The summed E-state index contributed by atoms with van der Waals surface area (Å²) in [6.07, 6.45) is 2.64. The highest BCUT2D eigenvalue weighted by atomic mass is 15.3. The molecule has 0 radical (unpaired) electrons. The molecule has 0 aromatic heterocycles. The van der Waals surface area contributed by atoms with Crippen LogP contribution in [0.1, 0.15) is 54.4 Å². The van der Waals surface area contributed by atoms with E-state index in [4.69, 9.17) is 0 Å². The molecule has 0 spiro atoms. The molecule has 0 unspecified atom stereocenters. The third-order valence-electron chi connectivity index (χ3n) is 4.68. The van der Waals surface area contributed by atoms with Gasteiger partial charge in [0.15, 0.2) is 0 Å². The van der Waals surface area contributed by atoms with E-state index in [1.807, 2.05) is 0 Å². The van der Waals surface area contributed by atoms with Gasteiger partial charge in [-0.1, -0.05) is 0 Å². The van der Waals surface area contributed by atoms with Crippen LogP contribution in [-0.4, -0.2) is 72.1 Å². The van der Waals surface area contributed by atoms with Crippen LogP contribution in [0.2, 0.25) is 0 Å². The van der Waals surface area contributed by atoms with E-state index in [0.717, 1.165) is 0 Å². The van der Waals surface area contributed by atoms with Crippen molar-refractivity contribution in [3.63, 3.8) is 0 Å². The van der Waals surface area contributed by atoms with Gasteiger partial charge in [-0.25, -0.2) is 0 Å². The maximum atomic E-state index is 2.64. The topological polar surface area (TPSA) is 9.72 Å². The Morgan fingerprint density at radius 1 is 0.850 bits per heavy atom. The van der Waals surface area contributed by atoms with Crippen molar-refractivity contribution in [2.45, 2.75) is 65.5 Å². The molecule has 0 aromatic rings. The van der Waals surface area contributed by atoms with Gasteiger partial charge >= 0.3 is 0 Å². The van der Waals surface area contributed by atoms with Crippen molar-refractivity contribution in [1.82, 2.24) is 14.7 Å². The largest absolute Gasteiger partial charge is 0.302 e. The van der Waals surface area contributed by atoms with Crippen LogP contribution in [0.5, 0.6) is 0 Å². The van der Waals surface area contributed by atoms with E-state index in [0.29, 0.717) is 11.1 Å². The number of hydrogen-bond donors (Lipinski definition) is 0. The van der Waals surface area contributed by atoms with Gasteiger partial charge in [-0.3, -0.25) is 4.90 Å². The Morgan fingerprint density at radius 2 is 1.40 bits per heavy atom. The summed E-state index contributed by atoms with van der Waals surface area (Å²) in [6, 6.07) is 0. The van der Waals surface area contributed by atoms with Crippen molar-refractivity contribution in [2.24, 2.45) is 0 Å². The minimum Gasteiger partial charge on any atom is -0.302 e. The van der Waals surface area contributed by atoms with Crippen molar-refractivity contribution >= 4 is 0 Å². The van der Waals surface area contributed by atoms with Crippen LogP contribution in [0.4, 0.5) is 0 Å². The minimum atomic E-state index is 0.304. The number of piperazine rings is 1. The Hall–Kier alpha value is -0.120. The standard InChI is InChI=1S/C17H37N3/c1-16(2,3)18(7)10-8-9-11-19-12-14-20(15-13-19)17(4,5)6/h8-15H2,1-7H3. The molecule has 1 rings (SSSR count). The molecule has 3 heteroatoms. The van der Waals surface area contributed by atoms with E-state index >= 15 is 0 Å². The molecule has 3 nitrogen and oxygen atoms in total. The third kappa shape index (κ3) is 6.11. The van der Waals surface area contributed by atoms with Crippen LogP contribution >= 0.6 is 0 Å². The Bertz CT molecular complexity index is 267. The highest BCUT2D eigenvalue weighted by Gasteiger charge is 2.25. The SMILES string of the molecule is CN(CCCCN1CCN(C(C)(C)C)CC1)C(C)(C)C. The minimum absolute atomic E-state index is 0.304. The number of nitrogens with zero attached hydrogens (tertiary/aromatic N) is 3. The molecule has 1 saturated heterocycles. The molecule has 0 saturated carbocycles. The zero-order chi connectivity index (χ0) is 15.4. The average Bonchev–Trinajstić information content (AvgIpc) is 2.32. The first-order valence-corrected chi connectivity index (χ1v) is 8.29. The Labute approximate surface area is 127 Å². The van der Waals surface area contributed by atoms with E-state index in [1.165, 1.54) is 52.1 Å². The van der Waals surface area contributed by atoms with E-state index < -0.39 is 0 Å². The fourth-order valence-corrected chi connectivity index (χ4v) is 2.66. The average molecular weight is 284 g/mol. The summed E-state index contributed by atoms with van der Waals surface area (Å²) in [5.41, 5.74) is 0.639. The number of hydrogen-bond acceptors (Lipinski definition) is 3. The van der Waals surface area contributed by atoms with Gasteiger partial charge in [-0.2, -0.15) is 0 Å². The van der Waals surface area contributed by atoms with Crippen LogP contribution in [0, 0.1) is 0 Å². The van der Waals surface area contributed by atoms with E-state index in [1.54, 1.807) is 0 Å². The molecule has 0 aromatic carbocycles. The monoisotopic (exact) mass is 283 g/mol. The highest BCUT2D eigenvalue weighted by molar-refractivity contribution is 4.82. The maximum Gasteiger partial charge on any atom is 0.0126 e. The molecule has 120 valence electrons. The van der Waals surface area contributed by atoms with Gasteiger partial charge in [-0.15, -0.1) is 0 Å². The molecule has 0 N–H and O–H groups in total. The molecule has 1 aliphatic heterocycles. The van der Waals surface area contributed by atoms with Gasteiger partial charge < -0.3 is 9.80 Å². The lowest BCUT2D eigenvalue weighted by Gasteiger charge is -2.42. The lowest BCUT2D eigenvalue weighted by atomic mass is 10.0. The second-order valence-electron chi connectivity index (χ2n) is 8.30. The summed E-state index contributed by atoms with van der Waals surface area (Å²) in [6.45, 7) is 21.3. The van der Waals surface area contributed by atoms with Crippen LogP contribution in [0.3, 0.4) is 0 Å². The van der Waals surface area contributed by atoms with Gasteiger partial charge in [0.25, 0.3) is 0 Å². The van der Waals surface area contributed by atoms with Crippen LogP contribution in [-0.2, 0) is 0 Å². The summed E-state index contributed by atoms with van der Waals surface area (Å²) >= 11 is 0. The van der Waals surface area contributed by atoms with Gasteiger partial charge in [0.1, 0.15) is 0 Å². The summed E-state index contributed by atoms with van der Waals surface area (Å²) in [7, 11) is 2.24. The number of rotatable bonds is 5. The predicted molar refractivity (Wildman–Crippen MR) is 89.4 cm³/mol. The van der Waals surface area contributed by atoms with Crippen molar-refractivity contribution < 1.29 is 0 Å². The fourth-order valence-electron chi connectivity index (χ4n) is 2.66. The highest BCUT2D eigenvalue weighted by Crippen LogP contribution is 2.16. The summed E-state index contributed by atoms with van der Waals surface area (Å²) in [5.74, 6) is 0. The van der Waals surface area contributed by atoms with Crippen LogP contribution in [0.25, 0.3) is 0 Å². The summed E-state index contributed by atoms with van der Waals surface area (Å²) in [5, 5.41) is 0. The quantitative estimate of drug-likeness (QED) is 0.718. The summed E-state index contributed by atoms with van der Waals surface area (Å²) < 4.78 is 0. The molecule has 0 amide bonds. The van der Waals surface area contributed by atoms with Gasteiger partial charge in [-0.05, 0) is 74.5 Å². The zero-order valence-corrected chi connectivity index (χ0v) is 15.0. The predicted octanol–water partition coefficient (Wildman–Crippen LogP) is 2.91. The van der Waals surface area contributed by atoms with Gasteiger partial charge in [0, 0.05) is 37.3 Å². The van der Waals surface area contributed by atoms with Gasteiger partial charge in [0.2, 0.25) is 0 Å². The van der Waals surface area contributed by atoms with E-state index in [-0.39, 0.29) is 0 Å². The van der Waals surface area contributed by atoms with Gasteiger partial charge in [0.05, 0.1) is 0 Å². The molecular formula is C17H37N3. The molecule has 1 heterocycles. The first kappa shape index (κ1) is 17.9. The zero-order valence-electron chi connectivity index (χ0n) is 15.0. The van der Waals surface area contributed by atoms with Crippen molar-refractivity contribution in [3.8, 4) is 0 Å². The van der Waals surface area contributed by atoms with Crippen LogP contribution in [0.15, 0.2) is 0 Å². The molecule has 0 aliphatic carbocycles. The van der Waals surface area contributed by atoms with E-state index in [9.17, 15) is 0 Å². The molecule has 0 atom stereocenters. The van der Waals surface area contributed by atoms with Crippen molar-refractivity contribution in [1.29, 1.82) is 0 Å². The smallest absolute Gasteiger partial charge is 0.0126 e. The Kier molecular flexibility index (Phi) is 6.49. The second kappa shape index (κ2) is 7.24. The molecular weight excluding hydrogens is 246 g/mol. The molecule has 1 aliphatic rings. The fraction of sp³-hybridized carbons (Fsp3) is 1.00. The normalized spacial score (nSPS) is 19.8.